The first-order valence-electron chi connectivity index (χ1n) is 9.83. The molecule has 3 N–H and O–H groups in total. The fourth-order valence-electron chi connectivity index (χ4n) is 3.33. The molecule has 152 valence electrons. The number of aliphatic carboxylic acids is 1. The van der Waals surface area contributed by atoms with Gasteiger partial charge in [-0.1, -0.05) is 30.3 Å². The molecule has 2 aromatic carbocycles. The maximum atomic E-state index is 12.2. The lowest BCUT2D eigenvalue weighted by atomic mass is 9.99. The van der Waals surface area contributed by atoms with Crippen LogP contribution in [0.4, 0.5) is 0 Å². The average molecular weight is 394 g/mol. The topological polar surface area (TPSA) is 91.4 Å². The molecule has 0 bridgehead atoms. The highest BCUT2D eigenvalue weighted by Crippen LogP contribution is 2.19. The smallest absolute Gasteiger partial charge is 0.308 e. The number of ether oxygens (including phenoxy) is 1. The molecule has 1 amide bonds. The number of aromatic nitrogens is 1. The standard InChI is InChI=1S/C23H26N2O4/c1-2-29-19-10-7-16(8-11-19)13-18(23(27)28)15-25-22(26)12-9-17-14-24-21-6-4-3-5-20(17)21/h3-8,10-11,14,18,24H,2,9,12-13,15H2,1H3,(H,25,26)(H,27,28). The van der Waals surface area contributed by atoms with Crippen LogP contribution in [0.5, 0.6) is 5.75 Å². The summed E-state index contributed by atoms with van der Waals surface area (Å²) in [6.45, 7) is 2.60. The lowest BCUT2D eigenvalue weighted by molar-refractivity contribution is -0.141. The predicted molar refractivity (Wildman–Crippen MR) is 112 cm³/mol. The molecule has 0 spiro atoms. The van der Waals surface area contributed by atoms with E-state index < -0.39 is 11.9 Å². The third kappa shape index (κ3) is 5.60. The number of H-pyrrole nitrogens is 1. The van der Waals surface area contributed by atoms with Crippen LogP contribution in [-0.2, 0) is 22.4 Å². The highest BCUT2D eigenvalue weighted by atomic mass is 16.5. The van der Waals surface area contributed by atoms with Crippen molar-refractivity contribution in [3.63, 3.8) is 0 Å². The molecule has 0 aliphatic rings. The SMILES string of the molecule is CCOc1ccc(CC(CNC(=O)CCc2c[nH]c3ccccc23)C(=O)O)cc1. The molecule has 0 aliphatic heterocycles. The molecule has 1 heterocycles. The van der Waals surface area contributed by atoms with Crippen LogP contribution >= 0.6 is 0 Å². The number of carbonyl (C=O) groups is 2. The zero-order valence-electron chi connectivity index (χ0n) is 16.5. The lowest BCUT2D eigenvalue weighted by Crippen LogP contribution is -2.34. The number of aromatic amines is 1. The molecule has 29 heavy (non-hydrogen) atoms. The van der Waals surface area contributed by atoms with Gasteiger partial charge in [-0.2, -0.15) is 0 Å². The average Bonchev–Trinajstić information content (AvgIpc) is 3.14. The maximum absolute atomic E-state index is 12.2. The van der Waals surface area contributed by atoms with Crippen molar-refractivity contribution in [2.45, 2.75) is 26.2 Å². The molecule has 1 unspecified atom stereocenters. The van der Waals surface area contributed by atoms with E-state index in [4.69, 9.17) is 4.74 Å². The Labute approximate surface area is 169 Å². The fourth-order valence-corrected chi connectivity index (χ4v) is 3.33. The summed E-state index contributed by atoms with van der Waals surface area (Å²) in [6.07, 6.45) is 3.19. The molecular weight excluding hydrogens is 368 g/mol. The van der Waals surface area contributed by atoms with Gasteiger partial charge >= 0.3 is 5.97 Å². The predicted octanol–water partition coefficient (Wildman–Crippen LogP) is 3.56. The number of aryl methyl sites for hydroxylation is 1. The molecule has 0 fully saturated rings. The van der Waals surface area contributed by atoms with E-state index in [0.717, 1.165) is 27.8 Å². The van der Waals surface area contributed by atoms with Crippen LogP contribution in [0.1, 0.15) is 24.5 Å². The van der Waals surface area contributed by atoms with Crippen LogP contribution in [0.3, 0.4) is 0 Å². The number of benzene rings is 2. The third-order valence-corrected chi connectivity index (χ3v) is 4.91. The van der Waals surface area contributed by atoms with Crippen molar-refractivity contribution in [1.29, 1.82) is 0 Å². The molecular formula is C23H26N2O4. The van der Waals surface area contributed by atoms with Crippen LogP contribution in [0, 0.1) is 5.92 Å². The van der Waals surface area contributed by atoms with Crippen molar-refractivity contribution >= 4 is 22.8 Å². The minimum Gasteiger partial charge on any atom is -0.494 e. The first-order valence-corrected chi connectivity index (χ1v) is 9.83. The molecule has 3 rings (SSSR count). The summed E-state index contributed by atoms with van der Waals surface area (Å²) in [7, 11) is 0. The molecule has 3 aromatic rings. The molecule has 6 heteroatoms. The Morgan fingerprint density at radius 2 is 1.90 bits per heavy atom. The Bertz CT molecular complexity index is 962. The normalized spacial score (nSPS) is 11.9. The first-order chi connectivity index (χ1) is 14.1. The number of carboxylic acids is 1. The lowest BCUT2D eigenvalue weighted by Gasteiger charge is -2.14. The molecule has 0 saturated heterocycles. The van der Waals surface area contributed by atoms with E-state index >= 15 is 0 Å². The summed E-state index contributed by atoms with van der Waals surface area (Å²) in [4.78, 5) is 27.0. The van der Waals surface area contributed by atoms with Crippen LogP contribution in [0.15, 0.2) is 54.7 Å². The van der Waals surface area contributed by atoms with Gasteiger partial charge in [0.1, 0.15) is 5.75 Å². The van der Waals surface area contributed by atoms with E-state index in [1.165, 1.54) is 0 Å². The largest absolute Gasteiger partial charge is 0.494 e. The van der Waals surface area contributed by atoms with Gasteiger partial charge in [-0.25, -0.2) is 0 Å². The third-order valence-electron chi connectivity index (χ3n) is 4.91. The van der Waals surface area contributed by atoms with E-state index in [2.05, 4.69) is 10.3 Å². The molecule has 0 radical (unpaired) electrons. The monoisotopic (exact) mass is 394 g/mol. The molecule has 1 aromatic heterocycles. The number of carbonyl (C=O) groups excluding carboxylic acids is 1. The Hall–Kier alpha value is -3.28. The van der Waals surface area contributed by atoms with Crippen molar-refractivity contribution in [3.05, 3.63) is 65.9 Å². The minimum absolute atomic E-state index is 0.106. The summed E-state index contributed by atoms with van der Waals surface area (Å²) in [5.41, 5.74) is 3.03. The van der Waals surface area contributed by atoms with E-state index in [1.807, 2.05) is 61.7 Å². The Balaban J connectivity index is 1.50. The summed E-state index contributed by atoms with van der Waals surface area (Å²) in [5.74, 6) is -0.984. The highest BCUT2D eigenvalue weighted by Gasteiger charge is 2.19. The number of nitrogens with one attached hydrogen (secondary N) is 2. The second-order valence-electron chi connectivity index (χ2n) is 6.98. The van der Waals surface area contributed by atoms with Crippen molar-refractivity contribution in [3.8, 4) is 5.75 Å². The van der Waals surface area contributed by atoms with Crippen molar-refractivity contribution < 1.29 is 19.4 Å². The highest BCUT2D eigenvalue weighted by molar-refractivity contribution is 5.84. The van der Waals surface area contributed by atoms with Crippen LogP contribution < -0.4 is 10.1 Å². The summed E-state index contributed by atoms with van der Waals surface area (Å²) < 4.78 is 5.40. The number of amides is 1. The van der Waals surface area contributed by atoms with Crippen molar-refractivity contribution in [2.75, 3.05) is 13.2 Å². The zero-order valence-corrected chi connectivity index (χ0v) is 16.5. The number of hydrogen-bond acceptors (Lipinski definition) is 3. The van der Waals surface area contributed by atoms with Crippen LogP contribution in [-0.4, -0.2) is 35.1 Å². The number of rotatable bonds is 10. The zero-order chi connectivity index (χ0) is 20.6. The quantitative estimate of drug-likeness (QED) is 0.490. The number of para-hydroxylation sites is 1. The second kappa shape index (κ2) is 9.78. The number of hydrogen-bond donors (Lipinski definition) is 3. The number of carboxylic acid groups (broad SMARTS) is 1. The van der Waals surface area contributed by atoms with Gasteiger partial charge in [0.05, 0.1) is 12.5 Å². The van der Waals surface area contributed by atoms with Gasteiger partial charge in [0.15, 0.2) is 0 Å². The van der Waals surface area contributed by atoms with Crippen molar-refractivity contribution in [1.82, 2.24) is 10.3 Å². The molecule has 0 saturated carbocycles. The minimum atomic E-state index is -0.921. The number of fused-ring (bicyclic) bond motifs is 1. The van der Waals surface area contributed by atoms with Gasteiger partial charge in [-0.15, -0.1) is 0 Å². The summed E-state index contributed by atoms with van der Waals surface area (Å²) in [6, 6.07) is 15.3. The molecule has 6 nitrogen and oxygen atoms in total. The van der Waals surface area contributed by atoms with Crippen molar-refractivity contribution in [2.24, 2.45) is 5.92 Å². The fraction of sp³-hybridized carbons (Fsp3) is 0.304. The molecule has 0 aliphatic carbocycles. The van der Waals surface area contributed by atoms with Gasteiger partial charge in [0.25, 0.3) is 0 Å². The Morgan fingerprint density at radius 3 is 2.62 bits per heavy atom. The summed E-state index contributed by atoms with van der Waals surface area (Å²) >= 11 is 0. The van der Waals surface area contributed by atoms with Gasteiger partial charge in [-0.05, 0) is 49.1 Å². The van der Waals surface area contributed by atoms with E-state index in [0.29, 0.717) is 25.9 Å². The van der Waals surface area contributed by atoms with E-state index in [9.17, 15) is 14.7 Å². The van der Waals surface area contributed by atoms with E-state index in [1.54, 1.807) is 0 Å². The van der Waals surface area contributed by atoms with Crippen LogP contribution in [0.2, 0.25) is 0 Å². The van der Waals surface area contributed by atoms with Gasteiger partial charge in [0.2, 0.25) is 5.91 Å². The maximum Gasteiger partial charge on any atom is 0.308 e. The van der Waals surface area contributed by atoms with Gasteiger partial charge in [-0.3, -0.25) is 9.59 Å². The second-order valence-corrected chi connectivity index (χ2v) is 6.98. The molecule has 1 atom stereocenters. The summed E-state index contributed by atoms with van der Waals surface area (Å²) in [5, 5.41) is 13.4. The Morgan fingerprint density at radius 1 is 1.14 bits per heavy atom. The van der Waals surface area contributed by atoms with E-state index in [-0.39, 0.29) is 12.5 Å². The van der Waals surface area contributed by atoms with Gasteiger partial charge in [0, 0.05) is 30.1 Å². The van der Waals surface area contributed by atoms with Crippen LogP contribution in [0.25, 0.3) is 10.9 Å². The Kier molecular flexibility index (Phi) is 6.89. The van der Waals surface area contributed by atoms with Gasteiger partial charge < -0.3 is 20.1 Å². The first kappa shape index (κ1) is 20.5.